The summed E-state index contributed by atoms with van der Waals surface area (Å²) in [6.07, 6.45) is 7.25. The van der Waals surface area contributed by atoms with Gasteiger partial charge in [0.15, 0.2) is 0 Å². The predicted molar refractivity (Wildman–Crippen MR) is 79.5 cm³/mol. The molecule has 4 fully saturated rings. The van der Waals surface area contributed by atoms with E-state index in [1.807, 2.05) is 0 Å². The van der Waals surface area contributed by atoms with E-state index >= 15 is 0 Å². The van der Waals surface area contributed by atoms with Gasteiger partial charge in [-0.05, 0) is 58.8 Å². The Kier molecular flexibility index (Phi) is 2.74. The third-order valence-electron chi connectivity index (χ3n) is 6.96. The molecule has 0 aromatic rings. The van der Waals surface area contributed by atoms with Gasteiger partial charge < -0.3 is 9.80 Å². The molecule has 116 valence electrons. The fourth-order valence-electron chi connectivity index (χ4n) is 5.59. The Morgan fingerprint density at radius 3 is 1.67 bits per heavy atom. The minimum Gasteiger partial charge on any atom is -0.336 e. The van der Waals surface area contributed by atoms with Gasteiger partial charge in [-0.3, -0.25) is 9.59 Å². The fraction of sp³-hybridized carbons (Fsp3) is 0.882. The number of hydrogen-bond acceptors (Lipinski definition) is 2. The second kappa shape index (κ2) is 4.23. The van der Waals surface area contributed by atoms with E-state index in [0.29, 0.717) is 11.8 Å². The number of carbonyl (C=O) groups excluding carboxylic acids is 2. The Hall–Kier alpha value is -1.06. The Balaban J connectivity index is 1.80. The number of hydrogen-bond donors (Lipinski definition) is 0. The molecule has 0 aromatic heterocycles. The quantitative estimate of drug-likeness (QED) is 0.686. The van der Waals surface area contributed by atoms with Crippen LogP contribution in [0.25, 0.3) is 0 Å². The second-order valence-corrected chi connectivity index (χ2v) is 7.95. The largest absolute Gasteiger partial charge is 0.336 e. The van der Waals surface area contributed by atoms with Crippen LogP contribution < -0.4 is 0 Å². The molecule has 4 aliphatic rings. The molecule has 21 heavy (non-hydrogen) atoms. The smallest absolute Gasteiger partial charge is 0.228 e. The Morgan fingerprint density at radius 2 is 1.24 bits per heavy atom. The van der Waals surface area contributed by atoms with Gasteiger partial charge in [0.1, 0.15) is 0 Å². The highest BCUT2D eigenvalue weighted by molar-refractivity contribution is 5.91. The molecule has 2 amide bonds. The molecule has 2 bridgehead atoms. The maximum Gasteiger partial charge on any atom is 0.228 e. The van der Waals surface area contributed by atoms with Crippen molar-refractivity contribution in [2.75, 3.05) is 13.1 Å². The Bertz CT molecular complexity index is 461. The van der Waals surface area contributed by atoms with Gasteiger partial charge in [-0.25, -0.2) is 0 Å². The topological polar surface area (TPSA) is 40.6 Å². The van der Waals surface area contributed by atoms with E-state index in [-0.39, 0.29) is 22.9 Å². The average Bonchev–Trinajstić information content (AvgIpc) is 2.46. The molecule has 4 atom stereocenters. The summed E-state index contributed by atoms with van der Waals surface area (Å²) in [5.74, 6) is 0.726. The number of amides is 2. The molecular formula is C17H26N2O2. The van der Waals surface area contributed by atoms with E-state index in [1.165, 1.54) is 0 Å². The van der Waals surface area contributed by atoms with Gasteiger partial charge in [0.25, 0.3) is 0 Å². The van der Waals surface area contributed by atoms with Gasteiger partial charge in [0.2, 0.25) is 11.8 Å². The number of rotatable bonds is 0. The SMILES string of the molecule is C[C@@]12CCCCN1C(=O)[C@@H]1C[C@H]2C(=O)N2CCCC[C@]12C. The van der Waals surface area contributed by atoms with Crippen molar-refractivity contribution in [2.24, 2.45) is 11.8 Å². The first-order chi connectivity index (χ1) is 9.98. The van der Waals surface area contributed by atoms with Gasteiger partial charge in [0, 0.05) is 13.1 Å². The van der Waals surface area contributed by atoms with Gasteiger partial charge >= 0.3 is 0 Å². The zero-order valence-corrected chi connectivity index (χ0v) is 13.2. The van der Waals surface area contributed by atoms with Crippen LogP contribution >= 0.6 is 0 Å². The minimum absolute atomic E-state index is 0.0340. The molecule has 0 saturated carbocycles. The molecule has 4 saturated heterocycles. The van der Waals surface area contributed by atoms with Gasteiger partial charge in [0.05, 0.1) is 22.9 Å². The lowest BCUT2D eigenvalue weighted by Gasteiger charge is -2.63. The van der Waals surface area contributed by atoms with Crippen LogP contribution in [0.1, 0.15) is 58.8 Å². The zero-order valence-electron chi connectivity index (χ0n) is 13.2. The summed E-state index contributed by atoms with van der Waals surface area (Å²) >= 11 is 0. The molecule has 0 aromatic carbocycles. The van der Waals surface area contributed by atoms with Crippen molar-refractivity contribution in [3.8, 4) is 0 Å². The van der Waals surface area contributed by atoms with Crippen LogP contribution in [0.3, 0.4) is 0 Å². The van der Waals surface area contributed by atoms with E-state index in [1.54, 1.807) is 0 Å². The van der Waals surface area contributed by atoms with Crippen LogP contribution in [0.4, 0.5) is 0 Å². The summed E-state index contributed by atoms with van der Waals surface area (Å²) < 4.78 is 0. The Labute approximate surface area is 126 Å². The summed E-state index contributed by atoms with van der Waals surface area (Å²) in [6, 6.07) is 0. The minimum atomic E-state index is -0.221. The first kappa shape index (κ1) is 13.6. The number of carbonyl (C=O) groups is 2. The normalized spacial score (nSPS) is 46.2. The van der Waals surface area contributed by atoms with E-state index in [0.717, 1.165) is 58.0 Å². The Morgan fingerprint density at radius 1 is 0.810 bits per heavy atom. The molecule has 0 radical (unpaired) electrons. The first-order valence-corrected chi connectivity index (χ1v) is 8.61. The van der Waals surface area contributed by atoms with Crippen LogP contribution in [0.15, 0.2) is 0 Å². The molecule has 4 nitrogen and oxygen atoms in total. The highest BCUT2D eigenvalue weighted by Crippen LogP contribution is 2.53. The summed E-state index contributed by atoms with van der Waals surface area (Å²) in [5.41, 5.74) is -0.441. The molecule has 4 heterocycles. The van der Waals surface area contributed by atoms with E-state index in [2.05, 4.69) is 23.6 Å². The van der Waals surface area contributed by atoms with Crippen LogP contribution in [0.2, 0.25) is 0 Å². The highest BCUT2D eigenvalue weighted by atomic mass is 16.2. The molecular weight excluding hydrogens is 264 g/mol. The van der Waals surface area contributed by atoms with Crippen LogP contribution in [0.5, 0.6) is 0 Å². The molecule has 0 spiro atoms. The van der Waals surface area contributed by atoms with Crippen LogP contribution in [-0.4, -0.2) is 45.8 Å². The van der Waals surface area contributed by atoms with Gasteiger partial charge in [-0.15, -0.1) is 0 Å². The summed E-state index contributed by atoms with van der Waals surface area (Å²) in [6.45, 7) is 6.03. The van der Waals surface area contributed by atoms with Crippen molar-refractivity contribution in [3.05, 3.63) is 0 Å². The maximum absolute atomic E-state index is 13.1. The van der Waals surface area contributed by atoms with Crippen molar-refractivity contribution in [3.63, 3.8) is 0 Å². The monoisotopic (exact) mass is 290 g/mol. The second-order valence-electron chi connectivity index (χ2n) is 7.95. The molecule has 0 aliphatic carbocycles. The van der Waals surface area contributed by atoms with E-state index in [4.69, 9.17) is 0 Å². The number of nitrogens with zero attached hydrogens (tertiary/aromatic N) is 2. The third-order valence-corrected chi connectivity index (χ3v) is 6.96. The van der Waals surface area contributed by atoms with Crippen molar-refractivity contribution >= 4 is 11.8 Å². The lowest BCUT2D eigenvalue weighted by Crippen LogP contribution is -2.75. The summed E-state index contributed by atoms with van der Waals surface area (Å²) in [7, 11) is 0. The molecule has 4 heteroatoms. The molecule has 4 rings (SSSR count). The van der Waals surface area contributed by atoms with Gasteiger partial charge in [-0.1, -0.05) is 0 Å². The first-order valence-electron chi connectivity index (χ1n) is 8.61. The third kappa shape index (κ3) is 1.56. The highest BCUT2D eigenvalue weighted by Gasteiger charge is 2.63. The van der Waals surface area contributed by atoms with E-state index in [9.17, 15) is 9.59 Å². The number of piperidine rings is 4. The van der Waals surface area contributed by atoms with Crippen LogP contribution in [0, 0.1) is 11.8 Å². The summed E-state index contributed by atoms with van der Waals surface area (Å²) in [5, 5.41) is 0. The van der Waals surface area contributed by atoms with Gasteiger partial charge in [-0.2, -0.15) is 0 Å². The average molecular weight is 290 g/mol. The van der Waals surface area contributed by atoms with Crippen molar-refractivity contribution in [1.29, 1.82) is 0 Å². The summed E-state index contributed by atoms with van der Waals surface area (Å²) in [4.78, 5) is 30.4. The van der Waals surface area contributed by atoms with Crippen molar-refractivity contribution < 1.29 is 9.59 Å². The lowest BCUT2D eigenvalue weighted by molar-refractivity contribution is -0.190. The molecule has 0 N–H and O–H groups in total. The standard InChI is InChI=1S/C17H26N2O2/c1-16-7-3-5-9-18(16)15(21)13-11-12(16)14(20)19-10-6-4-8-17(13,19)2/h12-13H,3-11H2,1-2H3/t12-,13-,16-,17+/m0/s1. The maximum atomic E-state index is 13.1. The molecule has 0 unspecified atom stereocenters. The van der Waals surface area contributed by atoms with Crippen molar-refractivity contribution in [2.45, 2.75) is 69.9 Å². The number of fused-ring (bicyclic) bond motifs is 6. The fourth-order valence-corrected chi connectivity index (χ4v) is 5.59. The molecule has 4 aliphatic heterocycles. The predicted octanol–water partition coefficient (Wildman–Crippen LogP) is 2.18. The zero-order chi connectivity index (χ0) is 14.8. The van der Waals surface area contributed by atoms with Crippen molar-refractivity contribution in [1.82, 2.24) is 9.80 Å². The van der Waals surface area contributed by atoms with Crippen LogP contribution in [-0.2, 0) is 9.59 Å². The van der Waals surface area contributed by atoms with E-state index < -0.39 is 0 Å². The lowest BCUT2D eigenvalue weighted by atomic mass is 9.60.